The standard InChI is InChI=1S/C19H24O3/c1-18-7-5-12(20)9-11(18)10-15(21)17-13-3-4-16(22)19(13,2)8-6-14(17)18/h5,7,10,13-15,17,21H,3-4,6,8-9H2,1-2H3/t13?,14?,15?,17?,18-,19-/m0/s1. The molecule has 0 amide bonds. The summed E-state index contributed by atoms with van der Waals surface area (Å²) in [6.07, 6.45) is 9.11. The topological polar surface area (TPSA) is 54.4 Å². The molecule has 4 aliphatic carbocycles. The Labute approximate surface area is 131 Å². The third-order valence-corrected chi connectivity index (χ3v) is 7.25. The Kier molecular flexibility index (Phi) is 2.88. The van der Waals surface area contributed by atoms with Crippen molar-refractivity contribution in [2.24, 2.45) is 28.6 Å². The second-order valence-corrected chi connectivity index (χ2v) is 8.15. The van der Waals surface area contributed by atoms with E-state index < -0.39 is 6.10 Å². The highest BCUT2D eigenvalue weighted by Crippen LogP contribution is 2.62. The fraction of sp³-hybridized carbons (Fsp3) is 0.684. The zero-order valence-corrected chi connectivity index (χ0v) is 13.3. The highest BCUT2D eigenvalue weighted by atomic mass is 16.3. The largest absolute Gasteiger partial charge is 0.389 e. The molecule has 0 bridgehead atoms. The molecular formula is C19H24O3. The molecule has 118 valence electrons. The number of fused-ring (bicyclic) bond motifs is 5. The van der Waals surface area contributed by atoms with Gasteiger partial charge in [-0.25, -0.2) is 0 Å². The summed E-state index contributed by atoms with van der Waals surface area (Å²) in [5.74, 6) is 1.30. The molecule has 0 saturated heterocycles. The van der Waals surface area contributed by atoms with Crippen molar-refractivity contribution in [2.75, 3.05) is 0 Å². The minimum atomic E-state index is -0.511. The van der Waals surface area contributed by atoms with Crippen LogP contribution >= 0.6 is 0 Å². The van der Waals surface area contributed by atoms with E-state index in [-0.39, 0.29) is 28.4 Å². The number of allylic oxidation sites excluding steroid dienone is 3. The van der Waals surface area contributed by atoms with Crippen molar-refractivity contribution in [1.82, 2.24) is 0 Å². The van der Waals surface area contributed by atoms with Gasteiger partial charge in [-0.1, -0.05) is 31.6 Å². The second kappa shape index (κ2) is 4.41. The number of carbonyl (C=O) groups excluding carboxylic acids is 2. The van der Waals surface area contributed by atoms with E-state index in [1.807, 2.05) is 6.08 Å². The molecule has 0 aromatic rings. The molecule has 0 radical (unpaired) electrons. The van der Waals surface area contributed by atoms with Crippen molar-refractivity contribution >= 4 is 11.6 Å². The van der Waals surface area contributed by atoms with Gasteiger partial charge in [0.15, 0.2) is 5.78 Å². The summed E-state index contributed by atoms with van der Waals surface area (Å²) in [6, 6.07) is 0. The van der Waals surface area contributed by atoms with Crippen LogP contribution in [-0.4, -0.2) is 22.8 Å². The maximum Gasteiger partial charge on any atom is 0.159 e. The lowest BCUT2D eigenvalue weighted by atomic mass is 9.48. The molecule has 0 heterocycles. The van der Waals surface area contributed by atoms with Crippen molar-refractivity contribution in [1.29, 1.82) is 0 Å². The van der Waals surface area contributed by atoms with Crippen LogP contribution in [-0.2, 0) is 9.59 Å². The first-order valence-electron chi connectivity index (χ1n) is 8.51. The molecule has 2 saturated carbocycles. The van der Waals surface area contributed by atoms with Crippen LogP contribution in [0.1, 0.15) is 46.0 Å². The van der Waals surface area contributed by atoms with E-state index in [0.717, 1.165) is 24.8 Å². The molecule has 1 N–H and O–H groups in total. The van der Waals surface area contributed by atoms with E-state index in [1.54, 1.807) is 6.08 Å². The molecule has 0 spiro atoms. The Morgan fingerprint density at radius 1 is 1.18 bits per heavy atom. The molecule has 3 heteroatoms. The Balaban J connectivity index is 1.79. The van der Waals surface area contributed by atoms with Gasteiger partial charge in [-0.2, -0.15) is 0 Å². The summed E-state index contributed by atoms with van der Waals surface area (Å²) >= 11 is 0. The number of aliphatic hydroxyl groups excluding tert-OH is 1. The first-order valence-corrected chi connectivity index (χ1v) is 8.51. The van der Waals surface area contributed by atoms with Gasteiger partial charge in [-0.05, 0) is 43.1 Å². The zero-order chi connectivity index (χ0) is 15.7. The van der Waals surface area contributed by atoms with Crippen LogP contribution in [0.4, 0.5) is 0 Å². The summed E-state index contributed by atoms with van der Waals surface area (Å²) in [6.45, 7) is 4.32. The predicted molar refractivity (Wildman–Crippen MR) is 83.0 cm³/mol. The molecule has 22 heavy (non-hydrogen) atoms. The number of rotatable bonds is 0. The third kappa shape index (κ3) is 1.66. The molecule has 4 rings (SSSR count). The van der Waals surface area contributed by atoms with Gasteiger partial charge < -0.3 is 5.11 Å². The lowest BCUT2D eigenvalue weighted by molar-refractivity contribution is -0.133. The molecule has 3 nitrogen and oxygen atoms in total. The van der Waals surface area contributed by atoms with Gasteiger partial charge in [-0.3, -0.25) is 9.59 Å². The molecular weight excluding hydrogens is 276 g/mol. The lowest BCUT2D eigenvalue weighted by Crippen LogP contribution is -2.53. The summed E-state index contributed by atoms with van der Waals surface area (Å²) in [5.41, 5.74) is 0.727. The summed E-state index contributed by atoms with van der Waals surface area (Å²) in [4.78, 5) is 24.1. The summed E-state index contributed by atoms with van der Waals surface area (Å²) in [5, 5.41) is 10.8. The number of carbonyl (C=O) groups is 2. The van der Waals surface area contributed by atoms with Crippen molar-refractivity contribution < 1.29 is 14.7 Å². The smallest absolute Gasteiger partial charge is 0.159 e. The number of hydrogen-bond donors (Lipinski definition) is 1. The average molecular weight is 300 g/mol. The fourth-order valence-electron chi connectivity index (χ4n) is 5.87. The van der Waals surface area contributed by atoms with Crippen molar-refractivity contribution in [3.05, 3.63) is 23.8 Å². The first kappa shape index (κ1) is 14.4. The SMILES string of the molecule is C[C@]12C=CC(=O)CC1=CC(O)C1C2CC[C@]2(C)C(=O)CCC12. The van der Waals surface area contributed by atoms with E-state index >= 15 is 0 Å². The summed E-state index contributed by atoms with van der Waals surface area (Å²) in [7, 11) is 0. The van der Waals surface area contributed by atoms with E-state index in [0.29, 0.717) is 24.5 Å². The molecule has 4 aliphatic rings. The van der Waals surface area contributed by atoms with Crippen molar-refractivity contribution in [3.8, 4) is 0 Å². The van der Waals surface area contributed by atoms with Gasteiger partial charge in [0, 0.05) is 23.7 Å². The van der Waals surface area contributed by atoms with Gasteiger partial charge in [0.1, 0.15) is 5.78 Å². The average Bonchev–Trinajstić information content (AvgIpc) is 2.77. The van der Waals surface area contributed by atoms with Crippen LogP contribution < -0.4 is 0 Å². The van der Waals surface area contributed by atoms with Gasteiger partial charge >= 0.3 is 0 Å². The second-order valence-electron chi connectivity index (χ2n) is 8.15. The Bertz CT molecular complexity index is 616. The first-order chi connectivity index (χ1) is 10.4. The number of hydrogen-bond acceptors (Lipinski definition) is 3. The summed E-state index contributed by atoms with van der Waals surface area (Å²) < 4.78 is 0. The Morgan fingerprint density at radius 2 is 1.95 bits per heavy atom. The molecule has 4 unspecified atom stereocenters. The molecule has 6 atom stereocenters. The van der Waals surface area contributed by atoms with E-state index in [9.17, 15) is 14.7 Å². The van der Waals surface area contributed by atoms with Crippen LogP contribution in [0, 0.1) is 28.6 Å². The molecule has 2 fully saturated rings. The van der Waals surface area contributed by atoms with Gasteiger partial charge in [0.05, 0.1) is 6.10 Å². The van der Waals surface area contributed by atoms with Crippen LogP contribution in [0.15, 0.2) is 23.8 Å². The monoisotopic (exact) mass is 300 g/mol. The van der Waals surface area contributed by atoms with Gasteiger partial charge in [0.25, 0.3) is 0 Å². The van der Waals surface area contributed by atoms with Crippen molar-refractivity contribution in [2.45, 2.75) is 52.1 Å². The van der Waals surface area contributed by atoms with Crippen LogP contribution in [0.5, 0.6) is 0 Å². The number of Topliss-reactive ketones (excluding diaryl/α,β-unsaturated/α-hetero) is 1. The minimum absolute atomic E-state index is 0.120. The zero-order valence-electron chi connectivity index (χ0n) is 13.3. The van der Waals surface area contributed by atoms with Gasteiger partial charge in [-0.15, -0.1) is 0 Å². The van der Waals surface area contributed by atoms with Crippen LogP contribution in [0.2, 0.25) is 0 Å². The normalized spacial score (nSPS) is 50.2. The van der Waals surface area contributed by atoms with E-state index in [1.165, 1.54) is 0 Å². The number of aliphatic hydroxyl groups is 1. The highest BCUT2D eigenvalue weighted by molar-refractivity contribution is 5.93. The van der Waals surface area contributed by atoms with Crippen LogP contribution in [0.3, 0.4) is 0 Å². The van der Waals surface area contributed by atoms with Crippen LogP contribution in [0.25, 0.3) is 0 Å². The molecule has 0 aliphatic heterocycles. The van der Waals surface area contributed by atoms with Crippen molar-refractivity contribution in [3.63, 3.8) is 0 Å². The maximum absolute atomic E-state index is 12.4. The Morgan fingerprint density at radius 3 is 2.73 bits per heavy atom. The van der Waals surface area contributed by atoms with Gasteiger partial charge in [0.2, 0.25) is 0 Å². The maximum atomic E-state index is 12.4. The minimum Gasteiger partial charge on any atom is -0.389 e. The third-order valence-electron chi connectivity index (χ3n) is 7.25. The highest BCUT2D eigenvalue weighted by Gasteiger charge is 2.60. The lowest BCUT2D eigenvalue weighted by Gasteiger charge is -2.56. The van der Waals surface area contributed by atoms with E-state index in [4.69, 9.17) is 0 Å². The number of ketones is 2. The Hall–Kier alpha value is -1.22. The molecule has 0 aromatic carbocycles. The molecule has 0 aromatic heterocycles. The fourth-order valence-corrected chi connectivity index (χ4v) is 5.87. The van der Waals surface area contributed by atoms with E-state index in [2.05, 4.69) is 19.9 Å². The quantitative estimate of drug-likeness (QED) is 0.700. The predicted octanol–water partition coefficient (Wildman–Crippen LogP) is 2.83.